The maximum Gasteiger partial charge on any atom is 0.331 e. The number of rotatable bonds is 4. The van der Waals surface area contributed by atoms with E-state index in [1.54, 1.807) is 24.5 Å². The molecule has 3 heteroatoms. The van der Waals surface area contributed by atoms with Crippen molar-refractivity contribution in [3.8, 4) is 0 Å². The SMILES string of the molecule is O=C(/C=C/c1ccc2ccccc2c1)OCc1ccco1. The molecule has 0 radical (unpaired) electrons. The van der Waals surface area contributed by atoms with Gasteiger partial charge in [-0.2, -0.15) is 0 Å². The number of furan rings is 1. The fraction of sp³-hybridized carbons (Fsp3) is 0.0556. The molecule has 2 aromatic carbocycles. The molecule has 0 bridgehead atoms. The van der Waals surface area contributed by atoms with E-state index >= 15 is 0 Å². The molecule has 0 atom stereocenters. The second-order valence-corrected chi connectivity index (χ2v) is 4.63. The van der Waals surface area contributed by atoms with Crippen LogP contribution in [-0.2, 0) is 16.1 Å². The molecular weight excluding hydrogens is 264 g/mol. The highest BCUT2D eigenvalue weighted by Gasteiger charge is 2.00. The van der Waals surface area contributed by atoms with Crippen LogP contribution >= 0.6 is 0 Å². The summed E-state index contributed by atoms with van der Waals surface area (Å²) in [6.07, 6.45) is 4.72. The normalized spacial score (nSPS) is 11.0. The van der Waals surface area contributed by atoms with E-state index in [2.05, 4.69) is 6.07 Å². The number of ether oxygens (including phenoxy) is 1. The van der Waals surface area contributed by atoms with Gasteiger partial charge in [-0.1, -0.05) is 36.4 Å². The summed E-state index contributed by atoms with van der Waals surface area (Å²) in [5, 5.41) is 2.32. The minimum atomic E-state index is -0.389. The van der Waals surface area contributed by atoms with Gasteiger partial charge in [0.1, 0.15) is 12.4 Å². The molecule has 3 rings (SSSR count). The first kappa shape index (κ1) is 13.2. The number of benzene rings is 2. The van der Waals surface area contributed by atoms with Crippen molar-refractivity contribution >= 4 is 22.8 Å². The molecule has 0 spiro atoms. The molecule has 0 aliphatic heterocycles. The van der Waals surface area contributed by atoms with Gasteiger partial charge in [-0.25, -0.2) is 4.79 Å². The van der Waals surface area contributed by atoms with E-state index in [4.69, 9.17) is 9.15 Å². The molecule has 1 heterocycles. The van der Waals surface area contributed by atoms with Crippen molar-refractivity contribution in [1.82, 2.24) is 0 Å². The fourth-order valence-electron chi connectivity index (χ4n) is 2.06. The predicted octanol–water partition coefficient (Wildman–Crippen LogP) is 4.19. The van der Waals surface area contributed by atoms with Gasteiger partial charge in [-0.3, -0.25) is 0 Å². The van der Waals surface area contributed by atoms with Crippen molar-refractivity contribution in [2.45, 2.75) is 6.61 Å². The topological polar surface area (TPSA) is 39.4 Å². The molecule has 0 amide bonds. The Morgan fingerprint density at radius 2 is 1.90 bits per heavy atom. The van der Waals surface area contributed by atoms with Crippen molar-refractivity contribution in [3.05, 3.63) is 78.3 Å². The average Bonchev–Trinajstić information content (AvgIpc) is 3.04. The van der Waals surface area contributed by atoms with Crippen molar-refractivity contribution in [2.24, 2.45) is 0 Å². The standard InChI is InChI=1S/C18H14O3/c19-18(21-13-17-6-3-11-20-17)10-8-14-7-9-15-4-1-2-5-16(15)12-14/h1-12H,13H2/b10-8+. The van der Waals surface area contributed by atoms with Gasteiger partial charge in [-0.05, 0) is 40.6 Å². The number of carbonyl (C=O) groups excluding carboxylic acids is 1. The molecule has 3 aromatic rings. The van der Waals surface area contributed by atoms with E-state index in [9.17, 15) is 4.79 Å². The minimum Gasteiger partial charge on any atom is -0.466 e. The van der Waals surface area contributed by atoms with E-state index < -0.39 is 0 Å². The smallest absolute Gasteiger partial charge is 0.331 e. The zero-order valence-electron chi connectivity index (χ0n) is 11.4. The maximum absolute atomic E-state index is 11.6. The Morgan fingerprint density at radius 1 is 1.05 bits per heavy atom. The molecule has 21 heavy (non-hydrogen) atoms. The zero-order valence-corrected chi connectivity index (χ0v) is 11.4. The molecule has 0 N–H and O–H groups in total. The molecule has 3 nitrogen and oxygen atoms in total. The van der Waals surface area contributed by atoms with Crippen molar-refractivity contribution in [1.29, 1.82) is 0 Å². The average molecular weight is 278 g/mol. The third-order valence-electron chi connectivity index (χ3n) is 3.12. The van der Waals surface area contributed by atoms with Gasteiger partial charge in [0, 0.05) is 6.08 Å². The third-order valence-corrected chi connectivity index (χ3v) is 3.12. The number of esters is 1. The largest absolute Gasteiger partial charge is 0.466 e. The maximum atomic E-state index is 11.6. The third kappa shape index (κ3) is 3.39. The van der Waals surface area contributed by atoms with Gasteiger partial charge in [-0.15, -0.1) is 0 Å². The monoisotopic (exact) mass is 278 g/mol. The highest BCUT2D eigenvalue weighted by molar-refractivity contribution is 5.89. The fourth-order valence-corrected chi connectivity index (χ4v) is 2.06. The lowest BCUT2D eigenvalue weighted by Gasteiger charge is -2.00. The molecule has 0 fully saturated rings. The summed E-state index contributed by atoms with van der Waals surface area (Å²) in [5.74, 6) is 0.238. The first-order chi connectivity index (χ1) is 10.3. The molecule has 0 unspecified atom stereocenters. The van der Waals surface area contributed by atoms with Crippen LogP contribution in [0.1, 0.15) is 11.3 Å². The zero-order chi connectivity index (χ0) is 14.5. The minimum absolute atomic E-state index is 0.147. The van der Waals surface area contributed by atoms with Gasteiger partial charge in [0.2, 0.25) is 0 Å². The van der Waals surface area contributed by atoms with Crippen LogP contribution in [0.15, 0.2) is 71.4 Å². The van der Waals surface area contributed by atoms with E-state index in [-0.39, 0.29) is 12.6 Å². The van der Waals surface area contributed by atoms with Gasteiger partial charge in [0.15, 0.2) is 0 Å². The highest BCUT2D eigenvalue weighted by Crippen LogP contribution is 2.16. The predicted molar refractivity (Wildman–Crippen MR) is 81.5 cm³/mol. The second-order valence-electron chi connectivity index (χ2n) is 4.63. The first-order valence-electron chi connectivity index (χ1n) is 6.67. The Hall–Kier alpha value is -2.81. The van der Waals surface area contributed by atoms with Crippen LogP contribution in [0.4, 0.5) is 0 Å². The van der Waals surface area contributed by atoms with Crippen molar-refractivity contribution < 1.29 is 13.9 Å². The van der Waals surface area contributed by atoms with Crippen LogP contribution < -0.4 is 0 Å². The number of hydrogen-bond acceptors (Lipinski definition) is 3. The summed E-state index contributed by atoms with van der Waals surface area (Å²) >= 11 is 0. The van der Waals surface area contributed by atoms with Crippen LogP contribution in [-0.4, -0.2) is 5.97 Å². The van der Waals surface area contributed by atoms with Gasteiger partial charge in [0.25, 0.3) is 0 Å². The first-order valence-corrected chi connectivity index (χ1v) is 6.67. The van der Waals surface area contributed by atoms with E-state index in [1.165, 1.54) is 11.5 Å². The lowest BCUT2D eigenvalue weighted by Crippen LogP contribution is -1.99. The molecule has 1 aromatic heterocycles. The van der Waals surface area contributed by atoms with Crippen molar-refractivity contribution in [2.75, 3.05) is 0 Å². The van der Waals surface area contributed by atoms with Crippen LogP contribution in [0, 0.1) is 0 Å². The molecule has 0 aliphatic carbocycles. The van der Waals surface area contributed by atoms with Crippen LogP contribution in [0.5, 0.6) is 0 Å². The molecule has 104 valence electrons. The Balaban J connectivity index is 1.65. The molecule has 0 saturated carbocycles. The summed E-state index contributed by atoms with van der Waals surface area (Å²) in [4.78, 5) is 11.6. The van der Waals surface area contributed by atoms with Crippen LogP contribution in [0.2, 0.25) is 0 Å². The summed E-state index contributed by atoms with van der Waals surface area (Å²) in [7, 11) is 0. The Bertz CT molecular complexity index is 770. The Morgan fingerprint density at radius 3 is 2.71 bits per heavy atom. The summed E-state index contributed by atoms with van der Waals surface area (Å²) in [6, 6.07) is 17.7. The lowest BCUT2D eigenvalue weighted by atomic mass is 10.1. The highest BCUT2D eigenvalue weighted by atomic mass is 16.5. The number of carbonyl (C=O) groups is 1. The Labute approximate surface area is 122 Å². The van der Waals surface area contributed by atoms with Crippen molar-refractivity contribution in [3.63, 3.8) is 0 Å². The summed E-state index contributed by atoms with van der Waals surface area (Å²) in [5.41, 5.74) is 0.962. The molecular formula is C18H14O3. The van der Waals surface area contributed by atoms with Crippen LogP contribution in [0.25, 0.3) is 16.8 Å². The lowest BCUT2D eigenvalue weighted by molar-refractivity contribution is -0.139. The van der Waals surface area contributed by atoms with Gasteiger partial charge in [0.05, 0.1) is 6.26 Å². The van der Waals surface area contributed by atoms with Gasteiger partial charge >= 0.3 is 5.97 Å². The Kier molecular flexibility index (Phi) is 3.83. The summed E-state index contributed by atoms with van der Waals surface area (Å²) < 4.78 is 10.2. The number of fused-ring (bicyclic) bond motifs is 1. The van der Waals surface area contributed by atoms with E-state index in [0.29, 0.717) is 5.76 Å². The summed E-state index contributed by atoms with van der Waals surface area (Å²) in [6.45, 7) is 0.147. The second kappa shape index (κ2) is 6.09. The van der Waals surface area contributed by atoms with E-state index in [0.717, 1.165) is 10.9 Å². The van der Waals surface area contributed by atoms with E-state index in [1.807, 2.05) is 36.4 Å². The molecule has 0 saturated heterocycles. The number of hydrogen-bond donors (Lipinski definition) is 0. The quantitative estimate of drug-likeness (QED) is 0.530. The van der Waals surface area contributed by atoms with Gasteiger partial charge < -0.3 is 9.15 Å². The van der Waals surface area contributed by atoms with Crippen LogP contribution in [0.3, 0.4) is 0 Å². The molecule has 0 aliphatic rings.